The third-order valence-corrected chi connectivity index (χ3v) is 3.63. The molecule has 0 aliphatic heterocycles. The third kappa shape index (κ3) is 8.89. The molecular weight excluding hydrogens is 190 g/mol. The van der Waals surface area contributed by atoms with Gasteiger partial charge in [0.15, 0.2) is 0 Å². The fourth-order valence-electron chi connectivity index (χ4n) is 1.39. The largest absolute Gasteiger partial charge is 0.313 e. The van der Waals surface area contributed by atoms with Crippen LogP contribution in [0.1, 0.15) is 47.0 Å². The lowest BCUT2D eigenvalue weighted by Gasteiger charge is -2.17. The second-order valence-electron chi connectivity index (χ2n) is 4.37. The maximum atomic E-state index is 3.62. The van der Waals surface area contributed by atoms with Crippen LogP contribution in [-0.4, -0.2) is 24.1 Å². The first-order chi connectivity index (χ1) is 6.70. The highest BCUT2D eigenvalue weighted by atomic mass is 32.2. The van der Waals surface area contributed by atoms with Gasteiger partial charge in [0.2, 0.25) is 0 Å². The number of hydrogen-bond donors (Lipinski definition) is 1. The van der Waals surface area contributed by atoms with E-state index in [0.717, 1.165) is 12.0 Å². The standard InChI is InChI=1S/C12H27NS/c1-5-7-12(13-8-6-2)10-14-9-11(3)4/h11-13H,5-10H2,1-4H3. The van der Waals surface area contributed by atoms with Gasteiger partial charge in [-0.25, -0.2) is 0 Å². The van der Waals surface area contributed by atoms with Gasteiger partial charge >= 0.3 is 0 Å². The molecule has 0 aliphatic carbocycles. The van der Waals surface area contributed by atoms with Crippen molar-refractivity contribution in [2.75, 3.05) is 18.1 Å². The first-order valence-corrected chi connectivity index (χ1v) is 7.17. The van der Waals surface area contributed by atoms with E-state index in [0.29, 0.717) is 0 Å². The van der Waals surface area contributed by atoms with E-state index in [9.17, 15) is 0 Å². The molecule has 14 heavy (non-hydrogen) atoms. The van der Waals surface area contributed by atoms with E-state index in [4.69, 9.17) is 0 Å². The molecule has 0 bridgehead atoms. The lowest BCUT2D eigenvalue weighted by atomic mass is 10.2. The summed E-state index contributed by atoms with van der Waals surface area (Å²) >= 11 is 2.10. The number of thioether (sulfide) groups is 1. The number of hydrogen-bond acceptors (Lipinski definition) is 2. The van der Waals surface area contributed by atoms with Crippen LogP contribution in [0.25, 0.3) is 0 Å². The van der Waals surface area contributed by atoms with Crippen molar-refractivity contribution < 1.29 is 0 Å². The molecule has 86 valence electrons. The zero-order chi connectivity index (χ0) is 10.8. The van der Waals surface area contributed by atoms with E-state index < -0.39 is 0 Å². The molecule has 0 radical (unpaired) electrons. The monoisotopic (exact) mass is 217 g/mol. The van der Waals surface area contributed by atoms with Crippen LogP contribution in [0.5, 0.6) is 0 Å². The summed E-state index contributed by atoms with van der Waals surface area (Å²) in [6.07, 6.45) is 3.86. The Morgan fingerprint density at radius 2 is 1.79 bits per heavy atom. The van der Waals surface area contributed by atoms with Crippen LogP contribution >= 0.6 is 11.8 Å². The second kappa shape index (κ2) is 9.85. The Kier molecular flexibility index (Phi) is 10.1. The molecule has 1 unspecified atom stereocenters. The van der Waals surface area contributed by atoms with Gasteiger partial charge in [-0.05, 0) is 31.1 Å². The van der Waals surface area contributed by atoms with Crippen LogP contribution in [0.15, 0.2) is 0 Å². The van der Waals surface area contributed by atoms with Crippen LogP contribution in [0.4, 0.5) is 0 Å². The zero-order valence-electron chi connectivity index (χ0n) is 10.3. The molecule has 0 heterocycles. The van der Waals surface area contributed by atoms with E-state index in [1.54, 1.807) is 0 Å². The summed E-state index contributed by atoms with van der Waals surface area (Å²) < 4.78 is 0. The van der Waals surface area contributed by atoms with Gasteiger partial charge in [-0.3, -0.25) is 0 Å². The van der Waals surface area contributed by atoms with Gasteiger partial charge in [-0.1, -0.05) is 34.1 Å². The highest BCUT2D eigenvalue weighted by molar-refractivity contribution is 7.99. The van der Waals surface area contributed by atoms with Crippen LogP contribution in [0.3, 0.4) is 0 Å². The lowest BCUT2D eigenvalue weighted by molar-refractivity contribution is 0.514. The van der Waals surface area contributed by atoms with Crippen LogP contribution in [0, 0.1) is 5.92 Å². The fraction of sp³-hybridized carbons (Fsp3) is 1.00. The molecule has 0 aromatic carbocycles. The fourth-order valence-corrected chi connectivity index (χ4v) is 2.56. The molecule has 0 spiro atoms. The Morgan fingerprint density at radius 3 is 2.29 bits per heavy atom. The van der Waals surface area contributed by atoms with Gasteiger partial charge < -0.3 is 5.32 Å². The molecule has 0 aromatic rings. The maximum Gasteiger partial charge on any atom is 0.0158 e. The Morgan fingerprint density at radius 1 is 1.07 bits per heavy atom. The molecule has 1 nitrogen and oxygen atoms in total. The first kappa shape index (κ1) is 14.3. The summed E-state index contributed by atoms with van der Waals surface area (Å²) in [5.74, 6) is 3.41. The van der Waals surface area contributed by atoms with Gasteiger partial charge in [0.05, 0.1) is 0 Å². The minimum atomic E-state index is 0.740. The summed E-state index contributed by atoms with van der Waals surface area (Å²) in [4.78, 5) is 0. The van der Waals surface area contributed by atoms with Crippen molar-refractivity contribution in [2.24, 2.45) is 5.92 Å². The summed E-state index contributed by atoms with van der Waals surface area (Å²) in [7, 11) is 0. The van der Waals surface area contributed by atoms with Crippen molar-refractivity contribution in [3.05, 3.63) is 0 Å². The van der Waals surface area contributed by atoms with Gasteiger partial charge in [-0.15, -0.1) is 0 Å². The second-order valence-corrected chi connectivity index (χ2v) is 5.45. The Bertz CT molecular complexity index is 115. The van der Waals surface area contributed by atoms with E-state index in [2.05, 4.69) is 44.8 Å². The molecule has 1 N–H and O–H groups in total. The summed E-state index contributed by atoms with van der Waals surface area (Å²) in [5, 5.41) is 3.62. The molecule has 2 heteroatoms. The third-order valence-electron chi connectivity index (χ3n) is 2.09. The smallest absolute Gasteiger partial charge is 0.0158 e. The first-order valence-electron chi connectivity index (χ1n) is 6.01. The normalized spacial score (nSPS) is 13.5. The van der Waals surface area contributed by atoms with Crippen LogP contribution in [-0.2, 0) is 0 Å². The molecule has 0 rings (SSSR count). The summed E-state index contributed by atoms with van der Waals surface area (Å²) in [6.45, 7) is 10.3. The van der Waals surface area contributed by atoms with Crippen LogP contribution < -0.4 is 5.32 Å². The summed E-state index contributed by atoms with van der Waals surface area (Å²) in [6, 6.07) is 0.740. The summed E-state index contributed by atoms with van der Waals surface area (Å²) in [5.41, 5.74) is 0. The van der Waals surface area contributed by atoms with Gasteiger partial charge in [0, 0.05) is 11.8 Å². The van der Waals surface area contributed by atoms with Crippen molar-refractivity contribution in [2.45, 2.75) is 53.0 Å². The van der Waals surface area contributed by atoms with Crippen molar-refractivity contribution >= 4 is 11.8 Å². The molecule has 1 atom stereocenters. The molecule has 0 aromatic heterocycles. The molecule has 0 saturated carbocycles. The predicted octanol–water partition coefficient (Wildman–Crippen LogP) is 3.54. The van der Waals surface area contributed by atoms with E-state index in [1.807, 2.05) is 0 Å². The van der Waals surface area contributed by atoms with E-state index >= 15 is 0 Å². The SMILES string of the molecule is CCCNC(CCC)CSCC(C)C. The van der Waals surface area contributed by atoms with Crippen molar-refractivity contribution in [1.82, 2.24) is 5.32 Å². The average Bonchev–Trinajstić information content (AvgIpc) is 2.13. The number of rotatable bonds is 9. The van der Waals surface area contributed by atoms with Gasteiger partial charge in [-0.2, -0.15) is 11.8 Å². The van der Waals surface area contributed by atoms with Gasteiger partial charge in [0.1, 0.15) is 0 Å². The molecule has 0 aliphatic rings. The quantitative estimate of drug-likeness (QED) is 0.634. The Balaban J connectivity index is 3.50. The highest BCUT2D eigenvalue weighted by Gasteiger charge is 2.06. The topological polar surface area (TPSA) is 12.0 Å². The minimum Gasteiger partial charge on any atom is -0.313 e. The Labute approximate surface area is 94.4 Å². The molecule has 0 amide bonds. The molecule has 0 saturated heterocycles. The number of nitrogens with one attached hydrogen (secondary N) is 1. The van der Waals surface area contributed by atoms with E-state index in [1.165, 1.54) is 37.3 Å². The lowest BCUT2D eigenvalue weighted by Crippen LogP contribution is -2.32. The predicted molar refractivity (Wildman–Crippen MR) is 69.2 cm³/mol. The molecule has 0 fully saturated rings. The van der Waals surface area contributed by atoms with Gasteiger partial charge in [0.25, 0.3) is 0 Å². The zero-order valence-corrected chi connectivity index (χ0v) is 11.1. The van der Waals surface area contributed by atoms with Crippen molar-refractivity contribution in [3.63, 3.8) is 0 Å². The van der Waals surface area contributed by atoms with Crippen LogP contribution in [0.2, 0.25) is 0 Å². The van der Waals surface area contributed by atoms with E-state index in [-0.39, 0.29) is 0 Å². The van der Waals surface area contributed by atoms with Crippen molar-refractivity contribution in [3.8, 4) is 0 Å². The Hall–Kier alpha value is 0.310. The highest BCUT2D eigenvalue weighted by Crippen LogP contribution is 2.11. The average molecular weight is 217 g/mol. The maximum absolute atomic E-state index is 3.62. The molecular formula is C12H27NS. The minimum absolute atomic E-state index is 0.740. The van der Waals surface area contributed by atoms with Crippen molar-refractivity contribution in [1.29, 1.82) is 0 Å².